The van der Waals surface area contributed by atoms with Gasteiger partial charge in [0.15, 0.2) is 0 Å². The normalized spacial score (nSPS) is 23.8. The van der Waals surface area contributed by atoms with Gasteiger partial charge in [0.2, 0.25) is 0 Å². The van der Waals surface area contributed by atoms with Crippen LogP contribution in [0.2, 0.25) is 5.02 Å². The van der Waals surface area contributed by atoms with Gasteiger partial charge >= 0.3 is 0 Å². The fraction of sp³-hybridized carbons (Fsp3) is 0.550. The highest BCUT2D eigenvalue weighted by Crippen LogP contribution is 2.42. The van der Waals surface area contributed by atoms with Crippen molar-refractivity contribution in [1.29, 1.82) is 0 Å². The Morgan fingerprint density at radius 3 is 2.96 bits per heavy atom. The fourth-order valence-corrected chi connectivity index (χ4v) is 4.46. The molecule has 0 spiro atoms. The summed E-state index contributed by atoms with van der Waals surface area (Å²) < 4.78 is 6.05. The summed E-state index contributed by atoms with van der Waals surface area (Å²) in [5, 5.41) is 5.54. The van der Waals surface area contributed by atoms with Crippen LogP contribution in [0.4, 0.5) is 5.00 Å². The van der Waals surface area contributed by atoms with Crippen LogP contribution in [0.15, 0.2) is 36.0 Å². The summed E-state index contributed by atoms with van der Waals surface area (Å²) in [7, 11) is 0. The molecule has 0 amide bonds. The van der Waals surface area contributed by atoms with E-state index in [1.54, 1.807) is 11.3 Å². The summed E-state index contributed by atoms with van der Waals surface area (Å²) in [4.78, 5) is 4.14. The van der Waals surface area contributed by atoms with Crippen molar-refractivity contribution in [2.45, 2.75) is 45.6 Å². The van der Waals surface area contributed by atoms with Crippen LogP contribution in [0.5, 0.6) is 0 Å². The number of hydrogen-bond donors (Lipinski definition) is 1. The van der Waals surface area contributed by atoms with Gasteiger partial charge in [0.05, 0.1) is 17.8 Å². The highest BCUT2D eigenvalue weighted by atomic mass is 35.5. The Morgan fingerprint density at radius 2 is 2.24 bits per heavy atom. The highest BCUT2D eigenvalue weighted by molar-refractivity contribution is 7.13. The molecule has 3 rings (SSSR count). The minimum Gasteiger partial charge on any atom is -0.378 e. The van der Waals surface area contributed by atoms with E-state index in [0.29, 0.717) is 12.0 Å². The molecule has 1 fully saturated rings. The molecule has 1 aromatic heterocycles. The summed E-state index contributed by atoms with van der Waals surface area (Å²) >= 11 is 8.12. The Labute approximate surface area is 159 Å². The fourth-order valence-electron chi connectivity index (χ4n) is 3.72. The second kappa shape index (κ2) is 8.52. The molecular formula is C20H27ClN2OS. The Bertz CT molecular complexity index is 661. The lowest BCUT2D eigenvalue weighted by molar-refractivity contribution is -0.0711. The van der Waals surface area contributed by atoms with Crippen molar-refractivity contribution in [2.75, 3.05) is 18.5 Å². The van der Waals surface area contributed by atoms with Crippen LogP contribution in [0.25, 0.3) is 0 Å². The molecule has 1 saturated heterocycles. The Hall–Kier alpha value is -1.10. The number of rotatable bonds is 7. The lowest BCUT2D eigenvalue weighted by Gasteiger charge is -2.43. The molecule has 0 aliphatic carbocycles. The van der Waals surface area contributed by atoms with Gasteiger partial charge < -0.3 is 10.1 Å². The molecule has 2 atom stereocenters. The number of hydrogen-bond acceptors (Lipinski definition) is 4. The maximum absolute atomic E-state index is 6.47. The molecule has 0 radical (unpaired) electrons. The molecule has 3 nitrogen and oxygen atoms in total. The topological polar surface area (TPSA) is 34.2 Å². The minimum atomic E-state index is 0.232. The molecule has 2 heterocycles. The largest absolute Gasteiger partial charge is 0.378 e. The van der Waals surface area contributed by atoms with Crippen LogP contribution in [0.1, 0.15) is 38.7 Å². The zero-order valence-corrected chi connectivity index (χ0v) is 16.6. The quantitative estimate of drug-likeness (QED) is 0.674. The van der Waals surface area contributed by atoms with E-state index in [4.69, 9.17) is 16.3 Å². The van der Waals surface area contributed by atoms with Crippen molar-refractivity contribution in [3.63, 3.8) is 0 Å². The Balaban J connectivity index is 1.74. The number of ether oxygens (including phenoxy) is 1. The molecule has 1 aromatic carbocycles. The lowest BCUT2D eigenvalue weighted by atomic mass is 9.69. The summed E-state index contributed by atoms with van der Waals surface area (Å²) in [5.74, 6) is 0.542. The van der Waals surface area contributed by atoms with Crippen molar-refractivity contribution >= 4 is 27.9 Å². The molecule has 1 N–H and O–H groups in total. The first-order valence-electron chi connectivity index (χ1n) is 9.05. The molecular weight excluding hydrogens is 352 g/mol. The number of aromatic nitrogens is 1. The molecule has 0 bridgehead atoms. The number of nitrogens with one attached hydrogen (secondary N) is 1. The van der Waals surface area contributed by atoms with Crippen molar-refractivity contribution in [1.82, 2.24) is 4.98 Å². The maximum Gasteiger partial charge on any atom is 0.108 e. The van der Waals surface area contributed by atoms with Crippen LogP contribution in [-0.4, -0.2) is 24.2 Å². The van der Waals surface area contributed by atoms with Gasteiger partial charge in [-0.3, -0.25) is 4.98 Å². The predicted molar refractivity (Wildman–Crippen MR) is 107 cm³/mol. The minimum absolute atomic E-state index is 0.232. The summed E-state index contributed by atoms with van der Waals surface area (Å²) in [6.07, 6.45) is 6.55. The van der Waals surface area contributed by atoms with E-state index in [2.05, 4.69) is 36.3 Å². The second-order valence-corrected chi connectivity index (χ2v) is 8.71. The number of thiazole rings is 1. The van der Waals surface area contributed by atoms with Gasteiger partial charge in [0.25, 0.3) is 0 Å². The smallest absolute Gasteiger partial charge is 0.108 e. The van der Waals surface area contributed by atoms with Crippen LogP contribution in [0, 0.1) is 11.3 Å². The number of benzene rings is 1. The van der Waals surface area contributed by atoms with Gasteiger partial charge in [-0.25, -0.2) is 0 Å². The SMILES string of the molecule is CC(C)[C@H]1C[C@@](CCNc2cncs2)(Cc2ccccc2Cl)CCO1. The number of halogens is 1. The van der Waals surface area contributed by atoms with Gasteiger partial charge in [0.1, 0.15) is 5.00 Å². The van der Waals surface area contributed by atoms with Gasteiger partial charge in [-0.05, 0) is 48.6 Å². The van der Waals surface area contributed by atoms with Gasteiger partial charge in [-0.1, -0.05) is 43.6 Å². The first-order chi connectivity index (χ1) is 12.1. The van der Waals surface area contributed by atoms with Crippen molar-refractivity contribution in [3.05, 3.63) is 46.6 Å². The first-order valence-corrected chi connectivity index (χ1v) is 10.3. The first kappa shape index (κ1) is 18.7. The van der Waals surface area contributed by atoms with Gasteiger partial charge in [-0.2, -0.15) is 0 Å². The highest BCUT2D eigenvalue weighted by Gasteiger charge is 2.38. The number of nitrogens with zero attached hydrogens (tertiary/aromatic N) is 1. The number of anilines is 1. The van der Waals surface area contributed by atoms with Crippen LogP contribution in [-0.2, 0) is 11.2 Å². The third-order valence-corrected chi connectivity index (χ3v) is 6.35. The predicted octanol–water partition coefficient (Wildman–Crippen LogP) is 5.66. The average Bonchev–Trinajstić information content (AvgIpc) is 3.11. The molecule has 2 aromatic rings. The van der Waals surface area contributed by atoms with E-state index in [9.17, 15) is 0 Å². The Morgan fingerprint density at radius 1 is 1.40 bits per heavy atom. The standard InChI is InChI=1S/C20H27ClN2OS/c1-15(2)18-12-20(8-10-24-18,7-9-23-19-13-22-14-25-19)11-16-5-3-4-6-17(16)21/h3-6,13-15,18,23H,7-12H2,1-2H3/t18-,20-/m1/s1. The third kappa shape index (κ3) is 4.96. The van der Waals surface area contributed by atoms with Crippen molar-refractivity contribution in [3.8, 4) is 0 Å². The second-order valence-electron chi connectivity index (χ2n) is 7.42. The molecule has 136 valence electrons. The van der Waals surface area contributed by atoms with E-state index in [1.165, 1.54) is 5.56 Å². The third-order valence-electron chi connectivity index (χ3n) is 5.25. The summed E-state index contributed by atoms with van der Waals surface area (Å²) in [6, 6.07) is 8.26. The summed E-state index contributed by atoms with van der Waals surface area (Å²) in [5.41, 5.74) is 3.35. The van der Waals surface area contributed by atoms with Crippen molar-refractivity contribution in [2.24, 2.45) is 11.3 Å². The summed E-state index contributed by atoms with van der Waals surface area (Å²) in [6.45, 7) is 6.31. The van der Waals surface area contributed by atoms with E-state index >= 15 is 0 Å². The zero-order valence-electron chi connectivity index (χ0n) is 15.0. The van der Waals surface area contributed by atoms with E-state index in [-0.39, 0.29) is 5.41 Å². The molecule has 0 saturated carbocycles. The molecule has 5 heteroatoms. The van der Waals surface area contributed by atoms with E-state index in [0.717, 1.165) is 48.9 Å². The monoisotopic (exact) mass is 378 g/mol. The average molecular weight is 379 g/mol. The molecule has 0 unspecified atom stereocenters. The maximum atomic E-state index is 6.47. The molecule has 1 aliphatic heterocycles. The van der Waals surface area contributed by atoms with E-state index in [1.807, 2.05) is 23.8 Å². The van der Waals surface area contributed by atoms with Crippen molar-refractivity contribution < 1.29 is 4.74 Å². The molecule has 25 heavy (non-hydrogen) atoms. The van der Waals surface area contributed by atoms with Crippen LogP contribution < -0.4 is 5.32 Å². The van der Waals surface area contributed by atoms with Crippen LogP contribution >= 0.6 is 22.9 Å². The Kier molecular flexibility index (Phi) is 6.37. The van der Waals surface area contributed by atoms with Gasteiger partial charge in [0, 0.05) is 18.2 Å². The van der Waals surface area contributed by atoms with E-state index < -0.39 is 0 Å². The zero-order chi connectivity index (χ0) is 17.7. The lowest BCUT2D eigenvalue weighted by Crippen LogP contribution is -2.40. The van der Waals surface area contributed by atoms with Gasteiger partial charge in [-0.15, -0.1) is 11.3 Å². The molecule has 1 aliphatic rings. The van der Waals surface area contributed by atoms with Crippen LogP contribution in [0.3, 0.4) is 0 Å².